The van der Waals surface area contributed by atoms with E-state index in [0.29, 0.717) is 10.9 Å². The van der Waals surface area contributed by atoms with Crippen molar-refractivity contribution in [3.05, 3.63) is 107 Å². The molecule has 7 heteroatoms. The van der Waals surface area contributed by atoms with Crippen molar-refractivity contribution in [2.75, 3.05) is 7.11 Å². The van der Waals surface area contributed by atoms with E-state index in [0.717, 1.165) is 28.3 Å². The summed E-state index contributed by atoms with van der Waals surface area (Å²) in [5.41, 5.74) is 3.74. The number of hydrogen-bond acceptors (Lipinski definition) is 5. The molecule has 0 N–H and O–H groups in total. The lowest BCUT2D eigenvalue weighted by molar-refractivity contribution is 0.415. The Morgan fingerprint density at radius 3 is 2.47 bits per heavy atom. The number of benzene rings is 3. The Morgan fingerprint density at radius 1 is 0.938 bits per heavy atom. The van der Waals surface area contributed by atoms with Crippen LogP contribution >= 0.6 is 0 Å². The largest absolute Gasteiger partial charge is 0.497 e. The standard InChI is InChI=1S/C25H19N5O2/c1-32-21-13-11-18(12-14-21)24-19(16-29(28-24)20-7-3-2-4-8-20)15-27-30-17-26-23-10-6-5-9-22(23)25(30)31/h2-17H,1H3/b27-15+. The monoisotopic (exact) mass is 421 g/mol. The predicted molar refractivity (Wildman–Crippen MR) is 125 cm³/mol. The van der Waals surface area contributed by atoms with Crippen molar-refractivity contribution >= 4 is 17.1 Å². The second kappa shape index (κ2) is 8.31. The van der Waals surface area contributed by atoms with Gasteiger partial charge in [0.25, 0.3) is 5.56 Å². The third-order valence-electron chi connectivity index (χ3n) is 5.10. The molecule has 2 heterocycles. The summed E-state index contributed by atoms with van der Waals surface area (Å²) in [5.74, 6) is 0.764. The van der Waals surface area contributed by atoms with E-state index >= 15 is 0 Å². The molecule has 0 saturated carbocycles. The molecule has 0 spiro atoms. The highest BCUT2D eigenvalue weighted by Crippen LogP contribution is 2.25. The first-order chi connectivity index (χ1) is 15.7. The average molecular weight is 421 g/mol. The van der Waals surface area contributed by atoms with Gasteiger partial charge in [-0.1, -0.05) is 30.3 Å². The summed E-state index contributed by atoms with van der Waals surface area (Å²) in [7, 11) is 1.63. The minimum absolute atomic E-state index is 0.228. The first-order valence-electron chi connectivity index (χ1n) is 10.0. The van der Waals surface area contributed by atoms with Gasteiger partial charge in [-0.3, -0.25) is 4.79 Å². The SMILES string of the molecule is COc1ccc(-c2nn(-c3ccccc3)cc2/C=N/n2cnc3ccccc3c2=O)cc1. The van der Waals surface area contributed by atoms with E-state index in [4.69, 9.17) is 9.84 Å². The van der Waals surface area contributed by atoms with Crippen molar-refractivity contribution in [2.45, 2.75) is 0 Å². The lowest BCUT2D eigenvalue weighted by atomic mass is 10.1. The smallest absolute Gasteiger partial charge is 0.281 e. The van der Waals surface area contributed by atoms with Gasteiger partial charge in [0, 0.05) is 17.3 Å². The number of ether oxygens (including phenoxy) is 1. The van der Waals surface area contributed by atoms with Gasteiger partial charge in [-0.25, -0.2) is 9.67 Å². The minimum Gasteiger partial charge on any atom is -0.497 e. The molecule has 0 aliphatic carbocycles. The fourth-order valence-electron chi connectivity index (χ4n) is 3.43. The van der Waals surface area contributed by atoms with Gasteiger partial charge >= 0.3 is 0 Å². The van der Waals surface area contributed by atoms with E-state index in [1.54, 1.807) is 30.1 Å². The van der Waals surface area contributed by atoms with Crippen LogP contribution in [0.3, 0.4) is 0 Å². The molecule has 0 atom stereocenters. The molecule has 0 amide bonds. The lowest BCUT2D eigenvalue weighted by Crippen LogP contribution is -2.16. The summed E-state index contributed by atoms with van der Waals surface area (Å²) in [5, 5.41) is 9.68. The normalized spacial score (nSPS) is 11.3. The van der Waals surface area contributed by atoms with Gasteiger partial charge in [-0.05, 0) is 48.5 Å². The zero-order valence-electron chi connectivity index (χ0n) is 17.3. The van der Waals surface area contributed by atoms with Crippen molar-refractivity contribution < 1.29 is 4.74 Å². The van der Waals surface area contributed by atoms with Gasteiger partial charge < -0.3 is 4.74 Å². The second-order valence-corrected chi connectivity index (χ2v) is 7.10. The number of aromatic nitrogens is 4. The summed E-state index contributed by atoms with van der Waals surface area (Å²) in [6.45, 7) is 0. The molecule has 3 aromatic carbocycles. The Balaban J connectivity index is 1.60. The molecule has 2 aromatic heterocycles. The van der Waals surface area contributed by atoms with Crippen molar-refractivity contribution in [1.29, 1.82) is 0 Å². The molecule has 0 radical (unpaired) electrons. The van der Waals surface area contributed by atoms with E-state index in [9.17, 15) is 4.79 Å². The van der Waals surface area contributed by atoms with E-state index < -0.39 is 0 Å². The summed E-state index contributed by atoms with van der Waals surface area (Å²) >= 11 is 0. The van der Waals surface area contributed by atoms with Crippen molar-refractivity contribution in [3.8, 4) is 22.7 Å². The summed E-state index contributed by atoms with van der Waals surface area (Å²) in [6, 6.07) is 24.7. The topological polar surface area (TPSA) is 74.3 Å². The number of methoxy groups -OCH3 is 1. The highest BCUT2D eigenvalue weighted by molar-refractivity contribution is 5.89. The molecule has 5 rings (SSSR count). The first-order valence-corrected chi connectivity index (χ1v) is 10.0. The van der Waals surface area contributed by atoms with Crippen LogP contribution in [0.4, 0.5) is 0 Å². The zero-order valence-corrected chi connectivity index (χ0v) is 17.3. The van der Waals surface area contributed by atoms with E-state index in [2.05, 4.69) is 10.1 Å². The number of nitrogens with zero attached hydrogens (tertiary/aromatic N) is 5. The Hall–Kier alpha value is -4.52. The van der Waals surface area contributed by atoms with Crippen LogP contribution in [0.5, 0.6) is 5.75 Å². The van der Waals surface area contributed by atoms with E-state index in [-0.39, 0.29) is 5.56 Å². The van der Waals surface area contributed by atoms with Crippen LogP contribution in [-0.4, -0.2) is 32.8 Å². The maximum absolute atomic E-state index is 12.8. The highest BCUT2D eigenvalue weighted by atomic mass is 16.5. The van der Waals surface area contributed by atoms with Crippen LogP contribution < -0.4 is 10.3 Å². The van der Waals surface area contributed by atoms with Crippen LogP contribution in [0.1, 0.15) is 5.56 Å². The molecule has 5 aromatic rings. The maximum atomic E-state index is 12.8. The Morgan fingerprint density at radius 2 is 1.69 bits per heavy atom. The molecule has 0 unspecified atom stereocenters. The van der Waals surface area contributed by atoms with Gasteiger partial charge in [0.15, 0.2) is 0 Å². The van der Waals surface area contributed by atoms with Gasteiger partial charge in [0.2, 0.25) is 0 Å². The minimum atomic E-state index is -0.228. The fraction of sp³-hybridized carbons (Fsp3) is 0.0400. The maximum Gasteiger partial charge on any atom is 0.281 e. The summed E-state index contributed by atoms with van der Waals surface area (Å²) < 4.78 is 8.30. The Labute approximate surface area is 183 Å². The highest BCUT2D eigenvalue weighted by Gasteiger charge is 2.12. The quantitative estimate of drug-likeness (QED) is 0.400. The third kappa shape index (κ3) is 3.67. The second-order valence-electron chi connectivity index (χ2n) is 7.10. The summed E-state index contributed by atoms with van der Waals surface area (Å²) in [4.78, 5) is 17.1. The Bertz CT molecular complexity index is 1470. The van der Waals surface area contributed by atoms with Gasteiger partial charge in [0.1, 0.15) is 17.8 Å². The number of hydrogen-bond donors (Lipinski definition) is 0. The fourth-order valence-corrected chi connectivity index (χ4v) is 3.43. The predicted octanol–water partition coefficient (Wildman–Crippen LogP) is 4.14. The van der Waals surface area contributed by atoms with Crippen LogP contribution in [-0.2, 0) is 0 Å². The third-order valence-corrected chi connectivity index (χ3v) is 5.10. The van der Waals surface area contributed by atoms with E-state index in [1.807, 2.05) is 72.9 Å². The van der Waals surface area contributed by atoms with Crippen LogP contribution in [0, 0.1) is 0 Å². The molecular weight excluding hydrogens is 402 g/mol. The molecule has 0 bridgehead atoms. The molecule has 0 fully saturated rings. The van der Waals surface area contributed by atoms with Crippen LogP contribution in [0.25, 0.3) is 27.8 Å². The number of rotatable bonds is 5. The summed E-state index contributed by atoms with van der Waals surface area (Å²) in [6.07, 6.45) is 4.94. The van der Waals surface area contributed by atoms with Crippen LogP contribution in [0.15, 0.2) is 101 Å². The van der Waals surface area contributed by atoms with Gasteiger partial charge in [0.05, 0.1) is 29.9 Å². The molecule has 156 valence electrons. The molecule has 0 aliphatic rings. The Kier molecular flexibility index (Phi) is 5.05. The van der Waals surface area contributed by atoms with Crippen molar-refractivity contribution in [3.63, 3.8) is 0 Å². The lowest BCUT2D eigenvalue weighted by Gasteiger charge is -2.03. The first kappa shape index (κ1) is 19.4. The molecule has 0 saturated heterocycles. The van der Waals surface area contributed by atoms with Crippen LogP contribution in [0.2, 0.25) is 0 Å². The van der Waals surface area contributed by atoms with Crippen molar-refractivity contribution in [1.82, 2.24) is 19.4 Å². The van der Waals surface area contributed by atoms with Gasteiger partial charge in [-0.15, -0.1) is 0 Å². The average Bonchev–Trinajstić information content (AvgIpc) is 3.29. The van der Waals surface area contributed by atoms with E-state index in [1.165, 1.54) is 11.0 Å². The molecule has 32 heavy (non-hydrogen) atoms. The molecule has 0 aliphatic heterocycles. The van der Waals surface area contributed by atoms with Crippen molar-refractivity contribution in [2.24, 2.45) is 5.10 Å². The number of para-hydroxylation sites is 2. The zero-order chi connectivity index (χ0) is 21.9. The molecule has 7 nitrogen and oxygen atoms in total. The molecular formula is C25H19N5O2. The number of fused-ring (bicyclic) bond motifs is 1. The van der Waals surface area contributed by atoms with Gasteiger partial charge in [-0.2, -0.15) is 14.9 Å².